The number of carbonyl (C=O) groups is 4. The van der Waals surface area contributed by atoms with Crippen LogP contribution in [0.25, 0.3) is 27.1 Å². The standard InChI is InChI=1S/C18H15ClN2O4.C17H12Cl2N2O4.C15H13N3O3/c1-11-5-4-8-14(19)16(11)25-10-9-21-17(22)13-7-3-2-6-12(13)15(20-21)18(23)24;18-12-6-3-7-13(19)15(12)25-9-8-21-16(22)11-5-2-1-4-10(11)14(20-21)17(23)24;1-9(2)10-4-3-5-11(8-10)18-14(19)12-13(15(20)21)17-7-6-16-12/h2-8H,9-10H2,1H3,(H,23,24);1-7H,8-9H2,(H,23,24);3-8H,1H2,2H3,(H,18,19)(H,20,21)/p-2. The minimum atomic E-state index is -1.55. The van der Waals surface area contributed by atoms with Crippen LogP contribution >= 0.6 is 34.8 Å². The molecular formula is C50H38Cl3N7O11-2. The average molecular weight is 1020 g/mol. The van der Waals surface area contributed by atoms with E-state index in [0.717, 1.165) is 26.1 Å². The van der Waals surface area contributed by atoms with E-state index in [1.54, 1.807) is 84.9 Å². The molecule has 8 rings (SSSR count). The number of fused-ring (bicyclic) bond motifs is 2. The summed E-state index contributed by atoms with van der Waals surface area (Å²) < 4.78 is 13.3. The van der Waals surface area contributed by atoms with E-state index in [9.17, 15) is 44.1 Å². The molecule has 0 saturated heterocycles. The highest BCUT2D eigenvalue weighted by Crippen LogP contribution is 2.32. The number of aryl methyl sites for hydroxylation is 1. The van der Waals surface area contributed by atoms with Crippen LogP contribution in [0, 0.1) is 6.92 Å². The molecule has 0 unspecified atom stereocenters. The van der Waals surface area contributed by atoms with Crippen LogP contribution in [0.3, 0.4) is 0 Å². The van der Waals surface area contributed by atoms with Gasteiger partial charge in [-0.15, -0.1) is 0 Å². The van der Waals surface area contributed by atoms with Crippen LogP contribution in [0.15, 0.2) is 138 Å². The first kappa shape index (κ1) is 51.9. The fraction of sp³-hybridized carbons (Fsp3) is 0.120. The first-order chi connectivity index (χ1) is 34.0. The molecule has 1 amide bonds. The molecule has 0 aliphatic heterocycles. The first-order valence-electron chi connectivity index (χ1n) is 21.0. The SMILES string of the molecule is C=C(C)c1cccc(NC(=O)c2nccnc2C(=O)[O-])c1.Cc1cccc(Cl)c1OCCn1nc(C(=O)[O-])c2ccccc2c1=O.O=C(O)c1nn(CCOc2c(Cl)cccc2Cl)c(=O)c2ccccc12. The van der Waals surface area contributed by atoms with Crippen molar-refractivity contribution in [1.29, 1.82) is 0 Å². The minimum Gasteiger partial charge on any atom is -0.543 e. The number of nitrogens with one attached hydrogen (secondary N) is 1. The number of aromatic nitrogens is 6. The number of ether oxygens (including phenoxy) is 2. The summed E-state index contributed by atoms with van der Waals surface area (Å²) in [7, 11) is 0. The van der Waals surface area contributed by atoms with E-state index in [1.807, 2.05) is 32.0 Å². The first-order valence-corrected chi connectivity index (χ1v) is 22.1. The van der Waals surface area contributed by atoms with E-state index < -0.39 is 35.1 Å². The number of carbonyl (C=O) groups excluding carboxylic acids is 3. The molecule has 0 radical (unpaired) electrons. The van der Waals surface area contributed by atoms with Crippen LogP contribution < -0.4 is 36.1 Å². The van der Waals surface area contributed by atoms with Gasteiger partial charge >= 0.3 is 5.97 Å². The molecule has 71 heavy (non-hydrogen) atoms. The maximum atomic E-state index is 12.5. The van der Waals surface area contributed by atoms with Crippen molar-refractivity contribution in [1.82, 2.24) is 29.5 Å². The molecule has 362 valence electrons. The molecule has 0 spiro atoms. The van der Waals surface area contributed by atoms with Gasteiger partial charge in [0.05, 0.1) is 50.9 Å². The summed E-state index contributed by atoms with van der Waals surface area (Å²) in [4.78, 5) is 78.0. The number of anilines is 1. The predicted octanol–water partition coefficient (Wildman–Crippen LogP) is 6.41. The maximum absolute atomic E-state index is 12.5. The molecule has 0 aliphatic rings. The van der Waals surface area contributed by atoms with Crippen LogP contribution in [-0.4, -0.2) is 71.7 Å². The van der Waals surface area contributed by atoms with Gasteiger partial charge in [-0.25, -0.2) is 19.1 Å². The third kappa shape index (κ3) is 12.8. The van der Waals surface area contributed by atoms with E-state index in [4.69, 9.17) is 44.3 Å². The van der Waals surface area contributed by atoms with Crippen LogP contribution in [0.2, 0.25) is 15.1 Å². The molecule has 5 aromatic carbocycles. The number of aromatic carboxylic acids is 3. The molecule has 0 saturated carbocycles. The summed E-state index contributed by atoms with van der Waals surface area (Å²) >= 11 is 18.1. The summed E-state index contributed by atoms with van der Waals surface area (Å²) in [6, 6.07) is 30.2. The summed E-state index contributed by atoms with van der Waals surface area (Å²) in [6.45, 7) is 7.81. The van der Waals surface area contributed by atoms with Crippen molar-refractivity contribution in [2.45, 2.75) is 26.9 Å². The second-order valence-corrected chi connectivity index (χ2v) is 16.1. The molecule has 0 bridgehead atoms. The molecule has 0 fully saturated rings. The lowest BCUT2D eigenvalue weighted by molar-refractivity contribution is -0.256. The summed E-state index contributed by atoms with van der Waals surface area (Å²) in [5.74, 6) is -4.03. The van der Waals surface area contributed by atoms with Crippen molar-refractivity contribution in [2.24, 2.45) is 0 Å². The predicted molar refractivity (Wildman–Crippen MR) is 262 cm³/mol. The van der Waals surface area contributed by atoms with E-state index in [0.29, 0.717) is 37.6 Å². The van der Waals surface area contributed by atoms with Gasteiger partial charge in [-0.3, -0.25) is 19.4 Å². The van der Waals surface area contributed by atoms with Crippen molar-refractivity contribution >= 4 is 91.4 Å². The smallest absolute Gasteiger partial charge is 0.357 e. The van der Waals surface area contributed by atoms with E-state index >= 15 is 0 Å². The topological polar surface area (TPSA) is 261 Å². The quantitative estimate of drug-likeness (QED) is 0.119. The van der Waals surface area contributed by atoms with Gasteiger partial charge in [-0.1, -0.05) is 114 Å². The second kappa shape index (κ2) is 23.7. The third-order valence-corrected chi connectivity index (χ3v) is 10.9. The van der Waals surface area contributed by atoms with Gasteiger partial charge in [0.15, 0.2) is 17.1 Å². The fourth-order valence-corrected chi connectivity index (χ4v) is 7.46. The highest BCUT2D eigenvalue weighted by molar-refractivity contribution is 6.37. The normalized spacial score (nSPS) is 10.5. The zero-order valence-corrected chi connectivity index (χ0v) is 39.7. The number of rotatable bonds is 14. The van der Waals surface area contributed by atoms with Crippen molar-refractivity contribution in [2.75, 3.05) is 18.5 Å². The third-order valence-electron chi connectivity index (χ3n) is 10.0. The Bertz CT molecular complexity index is 3270. The summed E-state index contributed by atoms with van der Waals surface area (Å²) in [5, 5.41) is 44.2. The van der Waals surface area contributed by atoms with Crippen LogP contribution in [0.5, 0.6) is 11.5 Å². The van der Waals surface area contributed by atoms with Crippen molar-refractivity contribution in [3.63, 3.8) is 0 Å². The van der Waals surface area contributed by atoms with Gasteiger partial charge < -0.3 is 39.7 Å². The minimum absolute atomic E-state index is 0.0471. The Morgan fingerprint density at radius 2 is 1.10 bits per heavy atom. The van der Waals surface area contributed by atoms with Crippen LogP contribution in [-0.2, 0) is 13.1 Å². The number of benzene rings is 5. The molecule has 21 heteroatoms. The molecule has 0 aliphatic carbocycles. The molecule has 3 aromatic heterocycles. The maximum Gasteiger partial charge on any atom is 0.357 e. The zero-order valence-electron chi connectivity index (χ0n) is 37.4. The van der Waals surface area contributed by atoms with E-state index in [2.05, 4.69) is 32.1 Å². The Morgan fingerprint density at radius 1 is 0.634 bits per heavy atom. The number of hydrogen-bond donors (Lipinski definition) is 2. The van der Waals surface area contributed by atoms with Gasteiger partial charge in [0.25, 0.3) is 17.0 Å². The number of para-hydroxylation sites is 2. The van der Waals surface area contributed by atoms with E-state index in [-0.39, 0.29) is 65.1 Å². The van der Waals surface area contributed by atoms with Crippen LogP contribution in [0.1, 0.15) is 60.0 Å². The van der Waals surface area contributed by atoms with Gasteiger partial charge in [0, 0.05) is 28.9 Å². The summed E-state index contributed by atoms with van der Waals surface area (Å²) in [6.07, 6.45) is 2.43. The lowest BCUT2D eigenvalue weighted by Crippen LogP contribution is -2.32. The number of amides is 1. The number of nitrogens with zero attached hydrogens (tertiary/aromatic N) is 6. The Hall–Kier alpha value is -8.45. The Morgan fingerprint density at radius 3 is 1.62 bits per heavy atom. The number of carboxylic acid groups (broad SMARTS) is 3. The molecule has 3 heterocycles. The molecule has 0 atom stereocenters. The molecule has 8 aromatic rings. The van der Waals surface area contributed by atoms with Crippen molar-refractivity contribution < 1.29 is 44.0 Å². The largest absolute Gasteiger partial charge is 0.543 e. The number of halogens is 3. The average Bonchev–Trinajstić information content (AvgIpc) is 3.35. The Labute approximate surface area is 417 Å². The van der Waals surface area contributed by atoms with Gasteiger partial charge in [0.1, 0.15) is 30.4 Å². The zero-order chi connectivity index (χ0) is 51.4. The Kier molecular flexibility index (Phi) is 17.3. The molecule has 2 N–H and O–H groups in total. The fourth-order valence-electron chi connectivity index (χ4n) is 6.68. The second-order valence-electron chi connectivity index (χ2n) is 14.9. The van der Waals surface area contributed by atoms with Gasteiger partial charge in [0.2, 0.25) is 0 Å². The van der Waals surface area contributed by atoms with E-state index in [1.165, 1.54) is 18.5 Å². The van der Waals surface area contributed by atoms with Gasteiger partial charge in [-0.05, 0) is 67.4 Å². The number of carboxylic acids is 3. The van der Waals surface area contributed by atoms with Crippen LogP contribution in [0.4, 0.5) is 5.69 Å². The Balaban J connectivity index is 0.000000175. The lowest BCUT2D eigenvalue weighted by atomic mass is 10.1. The number of allylic oxidation sites excluding steroid dienone is 1. The summed E-state index contributed by atoms with van der Waals surface area (Å²) in [5.41, 5.74) is 1.05. The highest BCUT2D eigenvalue weighted by Gasteiger charge is 2.18. The monoisotopic (exact) mass is 1020 g/mol. The lowest BCUT2D eigenvalue weighted by Gasteiger charge is -2.13. The molecule has 18 nitrogen and oxygen atoms in total. The van der Waals surface area contributed by atoms with Gasteiger partial charge in [-0.2, -0.15) is 10.2 Å². The molecular weight excluding hydrogens is 981 g/mol. The van der Waals surface area contributed by atoms with Crippen molar-refractivity contribution in [3.8, 4) is 11.5 Å². The highest BCUT2D eigenvalue weighted by atomic mass is 35.5. The van der Waals surface area contributed by atoms with Crippen molar-refractivity contribution in [3.05, 3.63) is 198 Å². The number of hydrogen-bond acceptors (Lipinski definition) is 14.